The van der Waals surface area contributed by atoms with Crippen molar-refractivity contribution < 1.29 is 38.0 Å². The van der Waals surface area contributed by atoms with Crippen LogP contribution in [0.5, 0.6) is 5.75 Å². The van der Waals surface area contributed by atoms with Gasteiger partial charge in [0.1, 0.15) is 5.75 Å². The third-order valence-corrected chi connectivity index (χ3v) is 12.6. The Labute approximate surface area is 350 Å². The molecule has 0 spiro atoms. The zero-order valence-corrected chi connectivity index (χ0v) is 35.0. The second-order valence-electron chi connectivity index (χ2n) is 15.9. The molecular weight excluding hydrogens is 782 g/mol. The fraction of sp³-hybridized carbons (Fsp3) is 0.326. The van der Waals surface area contributed by atoms with Gasteiger partial charge in [0.25, 0.3) is 11.8 Å². The SMILES string of the molecule is Cc1c(C(=O)N(C)c2ccc(OP(=O)(O)O)cc2)cc(-c2cc3c(cc2C(=O)N2Cc4ccccc4C[C@H]2CN2CCOCC2)CN(C(=O)Cc2ccccc2)CC3)n1C. The summed E-state index contributed by atoms with van der Waals surface area (Å²) in [5.74, 6) is -0.385. The highest BCUT2D eigenvalue weighted by Crippen LogP contribution is 2.39. The fourth-order valence-electron chi connectivity index (χ4n) is 8.66. The molecule has 1 aromatic heterocycles. The van der Waals surface area contributed by atoms with Gasteiger partial charge in [-0.2, -0.15) is 0 Å². The van der Waals surface area contributed by atoms with Crippen molar-refractivity contribution >= 4 is 31.2 Å². The Morgan fingerprint density at radius 2 is 1.53 bits per heavy atom. The monoisotopic (exact) mass is 831 g/mol. The summed E-state index contributed by atoms with van der Waals surface area (Å²) in [4.78, 5) is 69.4. The number of benzene rings is 4. The first-order chi connectivity index (χ1) is 28.8. The van der Waals surface area contributed by atoms with Crippen molar-refractivity contribution in [3.05, 3.63) is 142 Å². The number of carbonyl (C=O) groups is 3. The number of rotatable bonds is 10. The van der Waals surface area contributed by atoms with Crippen LogP contribution < -0.4 is 9.42 Å². The second-order valence-corrected chi connectivity index (χ2v) is 17.1. The van der Waals surface area contributed by atoms with Gasteiger partial charge in [0.05, 0.1) is 25.2 Å². The first-order valence-corrected chi connectivity index (χ1v) is 21.8. The van der Waals surface area contributed by atoms with Gasteiger partial charge in [-0.25, -0.2) is 4.57 Å². The summed E-state index contributed by atoms with van der Waals surface area (Å²) < 4.78 is 23.6. The van der Waals surface area contributed by atoms with Gasteiger partial charge in [-0.05, 0) is 90.0 Å². The number of fused-ring (bicyclic) bond motifs is 2. The Balaban J connectivity index is 1.16. The molecule has 1 atom stereocenters. The van der Waals surface area contributed by atoms with Crippen molar-refractivity contribution in [2.75, 3.05) is 51.3 Å². The minimum Gasteiger partial charge on any atom is -0.404 e. The predicted octanol–water partition coefficient (Wildman–Crippen LogP) is 5.78. The minimum atomic E-state index is -4.74. The lowest BCUT2D eigenvalue weighted by Crippen LogP contribution is -2.52. The number of morpholine rings is 1. The molecule has 0 aliphatic carbocycles. The van der Waals surface area contributed by atoms with Crippen LogP contribution in [0.25, 0.3) is 11.3 Å². The summed E-state index contributed by atoms with van der Waals surface area (Å²) in [6.07, 6.45) is 1.64. The number of ether oxygens (including phenoxy) is 1. The van der Waals surface area contributed by atoms with Gasteiger partial charge in [-0.3, -0.25) is 29.1 Å². The molecule has 0 radical (unpaired) electrons. The van der Waals surface area contributed by atoms with Gasteiger partial charge in [-0.1, -0.05) is 54.6 Å². The quantitative estimate of drug-likeness (QED) is 0.168. The molecule has 3 amide bonds. The molecule has 1 fully saturated rings. The highest BCUT2D eigenvalue weighted by molar-refractivity contribution is 7.46. The zero-order chi connectivity index (χ0) is 42.1. The van der Waals surface area contributed by atoms with E-state index in [4.69, 9.17) is 4.74 Å². The molecule has 13 nitrogen and oxygen atoms in total. The van der Waals surface area contributed by atoms with Crippen LogP contribution in [-0.2, 0) is 53.5 Å². The molecule has 14 heteroatoms. The molecule has 312 valence electrons. The van der Waals surface area contributed by atoms with Crippen molar-refractivity contribution in [1.82, 2.24) is 19.3 Å². The topological polar surface area (TPSA) is 145 Å². The molecular formula is C46H50N5O8P. The standard InChI is InChI=1S/C46H50N5O8P/c1-31-40(45(53)48(3)37-13-15-39(16-14-37)59-60(55,56)57)27-43(47(31)2)41-25-34-17-18-50(44(52)23-32-9-5-4-6-10-32)28-36(34)26-42(41)46(54)51-29-35-12-8-7-11-33(35)24-38(51)30-49-19-21-58-22-20-49/h4-16,25-27,38H,17-24,28-30H2,1-3H3,(H2,55,56,57)/t38-/m0/s1. The van der Waals surface area contributed by atoms with Gasteiger partial charge in [-0.15, -0.1) is 0 Å². The first-order valence-electron chi connectivity index (χ1n) is 20.3. The van der Waals surface area contributed by atoms with Crippen LogP contribution in [-0.4, -0.2) is 99.3 Å². The number of hydrogen-bond donors (Lipinski definition) is 2. The average molecular weight is 832 g/mol. The summed E-state index contributed by atoms with van der Waals surface area (Å²) in [6.45, 7) is 6.91. The molecule has 8 rings (SSSR count). The Morgan fingerprint density at radius 3 is 2.25 bits per heavy atom. The van der Waals surface area contributed by atoms with Crippen LogP contribution in [0.15, 0.2) is 97.1 Å². The molecule has 1 saturated heterocycles. The van der Waals surface area contributed by atoms with E-state index in [0.717, 1.165) is 47.3 Å². The number of phosphoric acid groups is 1. The molecule has 4 heterocycles. The Hall–Kier alpha value is -5.56. The molecule has 60 heavy (non-hydrogen) atoms. The Morgan fingerprint density at radius 1 is 0.833 bits per heavy atom. The van der Waals surface area contributed by atoms with Crippen molar-refractivity contribution in [3.8, 4) is 17.0 Å². The maximum absolute atomic E-state index is 15.4. The van der Waals surface area contributed by atoms with Crippen molar-refractivity contribution in [2.24, 2.45) is 7.05 Å². The first kappa shape index (κ1) is 41.2. The maximum atomic E-state index is 15.4. The smallest absolute Gasteiger partial charge is 0.404 e. The molecule has 5 aromatic rings. The van der Waals surface area contributed by atoms with E-state index in [1.807, 2.05) is 76.9 Å². The van der Waals surface area contributed by atoms with Crippen LogP contribution in [0.3, 0.4) is 0 Å². The second kappa shape index (κ2) is 17.2. The summed E-state index contributed by atoms with van der Waals surface area (Å²) in [6, 6.07) is 29.8. The third-order valence-electron chi connectivity index (χ3n) is 12.1. The van der Waals surface area contributed by atoms with Crippen LogP contribution >= 0.6 is 7.82 Å². The van der Waals surface area contributed by atoms with E-state index in [-0.39, 0.29) is 29.5 Å². The van der Waals surface area contributed by atoms with Crippen molar-refractivity contribution in [2.45, 2.75) is 45.3 Å². The highest BCUT2D eigenvalue weighted by Gasteiger charge is 2.35. The number of carbonyl (C=O) groups excluding carboxylic acids is 3. The Bertz CT molecular complexity index is 2460. The number of amides is 3. The van der Waals surface area contributed by atoms with Gasteiger partial charge in [0.2, 0.25) is 5.91 Å². The van der Waals surface area contributed by atoms with E-state index < -0.39 is 7.82 Å². The summed E-state index contributed by atoms with van der Waals surface area (Å²) in [7, 11) is -1.21. The highest BCUT2D eigenvalue weighted by atomic mass is 31.2. The molecule has 0 bridgehead atoms. The van der Waals surface area contributed by atoms with Gasteiger partial charge >= 0.3 is 7.82 Å². The average Bonchev–Trinajstić information content (AvgIpc) is 3.55. The Kier molecular flexibility index (Phi) is 11.8. The van der Waals surface area contributed by atoms with E-state index in [1.165, 1.54) is 22.6 Å². The number of aromatic nitrogens is 1. The minimum absolute atomic E-state index is 0.0243. The predicted molar refractivity (Wildman–Crippen MR) is 228 cm³/mol. The number of hydrogen-bond acceptors (Lipinski definition) is 7. The molecule has 0 unspecified atom stereocenters. The maximum Gasteiger partial charge on any atom is 0.524 e. The van der Waals surface area contributed by atoms with Gasteiger partial charge in [0.15, 0.2) is 0 Å². The van der Waals surface area contributed by atoms with E-state index >= 15 is 4.79 Å². The van der Waals surface area contributed by atoms with Gasteiger partial charge in [0, 0.05) is 87.6 Å². The van der Waals surface area contributed by atoms with Gasteiger partial charge < -0.3 is 28.5 Å². The van der Waals surface area contributed by atoms with Crippen LogP contribution in [0.4, 0.5) is 5.69 Å². The van der Waals surface area contributed by atoms with Crippen molar-refractivity contribution in [1.29, 1.82) is 0 Å². The molecule has 4 aromatic carbocycles. The molecule has 2 N–H and O–H groups in total. The lowest BCUT2D eigenvalue weighted by Gasteiger charge is -2.41. The lowest BCUT2D eigenvalue weighted by molar-refractivity contribution is -0.131. The largest absolute Gasteiger partial charge is 0.524 e. The number of nitrogens with zero attached hydrogens (tertiary/aromatic N) is 5. The summed E-state index contributed by atoms with van der Waals surface area (Å²) in [5, 5.41) is 0. The van der Waals surface area contributed by atoms with Crippen LogP contribution in [0, 0.1) is 6.92 Å². The van der Waals surface area contributed by atoms with E-state index in [2.05, 4.69) is 33.7 Å². The summed E-state index contributed by atoms with van der Waals surface area (Å²) >= 11 is 0. The summed E-state index contributed by atoms with van der Waals surface area (Å²) in [5.41, 5.74) is 8.90. The molecule has 3 aliphatic rings. The third kappa shape index (κ3) is 8.82. The van der Waals surface area contributed by atoms with Crippen LogP contribution in [0.2, 0.25) is 0 Å². The molecule has 0 saturated carbocycles. The lowest BCUT2D eigenvalue weighted by atomic mass is 9.89. The normalized spacial score (nSPS) is 16.9. The van der Waals surface area contributed by atoms with Crippen molar-refractivity contribution in [3.63, 3.8) is 0 Å². The fourth-order valence-corrected chi connectivity index (χ4v) is 9.05. The number of phosphoric ester groups is 1. The van der Waals surface area contributed by atoms with E-state index in [0.29, 0.717) is 80.4 Å². The number of anilines is 1. The van der Waals surface area contributed by atoms with E-state index in [1.54, 1.807) is 19.2 Å². The molecule has 3 aliphatic heterocycles. The van der Waals surface area contributed by atoms with Crippen LogP contribution in [0.1, 0.15) is 54.2 Å². The van der Waals surface area contributed by atoms with E-state index in [9.17, 15) is 23.9 Å². The zero-order valence-electron chi connectivity index (χ0n) is 34.1.